The molecular weight excluding hydrogens is 382 g/mol. The largest absolute Gasteiger partial charge is 0.335 e. The fraction of sp³-hybridized carbons (Fsp3) is 0.263. The lowest BCUT2D eigenvalue weighted by Gasteiger charge is -2.09. The first-order valence-electron chi connectivity index (χ1n) is 8.58. The second-order valence-electron chi connectivity index (χ2n) is 6.76. The van der Waals surface area contributed by atoms with Crippen molar-refractivity contribution in [2.24, 2.45) is 4.99 Å². The Kier molecular flexibility index (Phi) is 4.69. The summed E-state index contributed by atoms with van der Waals surface area (Å²) in [6, 6.07) is 14.6. The Balaban J connectivity index is 1.39. The van der Waals surface area contributed by atoms with E-state index in [1.54, 1.807) is 12.1 Å². The van der Waals surface area contributed by atoms with E-state index in [2.05, 4.69) is 15.6 Å². The quantitative estimate of drug-likeness (QED) is 0.826. The van der Waals surface area contributed by atoms with Crippen LogP contribution in [0.5, 0.6) is 0 Å². The van der Waals surface area contributed by atoms with Crippen molar-refractivity contribution in [2.45, 2.75) is 18.2 Å². The van der Waals surface area contributed by atoms with E-state index < -0.39 is 9.84 Å². The molecule has 1 amide bonds. The number of carbonyl (C=O) groups is 1. The molecule has 0 bridgehead atoms. The maximum absolute atomic E-state index is 12.4. The summed E-state index contributed by atoms with van der Waals surface area (Å²) >= 11 is 1.47. The summed E-state index contributed by atoms with van der Waals surface area (Å²) in [7, 11) is -2.95. The predicted molar refractivity (Wildman–Crippen MR) is 110 cm³/mol. The van der Waals surface area contributed by atoms with Crippen LogP contribution in [0.4, 0.5) is 11.4 Å². The van der Waals surface area contributed by atoms with Crippen molar-refractivity contribution in [1.82, 2.24) is 0 Å². The number of hydrogen-bond acceptors (Lipinski definition) is 6. The topological polar surface area (TPSA) is 87.6 Å². The molecule has 2 atom stereocenters. The Morgan fingerprint density at radius 1 is 1.11 bits per heavy atom. The highest BCUT2D eigenvalue weighted by Crippen LogP contribution is 2.34. The summed E-state index contributed by atoms with van der Waals surface area (Å²) in [5.41, 5.74) is 3.22. The summed E-state index contributed by atoms with van der Waals surface area (Å²) in [5, 5.41) is 6.83. The van der Waals surface area contributed by atoms with Gasteiger partial charge in [0.05, 0.1) is 17.5 Å². The standard InChI is InChI=1S/C19H19N3O3S2/c1-12-3-2-4-15(9-12)20-18(23)13-5-7-14(8-6-13)21-19-22-16-10-27(24,25)11-17(16)26-19/h2-9,16-17H,10-11H2,1H3,(H,20,23)(H,21,22)/t16-,17-/m1/s1. The van der Waals surface area contributed by atoms with Gasteiger partial charge in [-0.15, -0.1) is 0 Å². The molecule has 8 heteroatoms. The minimum absolute atomic E-state index is 0.0110. The number of nitrogens with zero attached hydrogens (tertiary/aromatic N) is 1. The third-order valence-corrected chi connectivity index (χ3v) is 7.63. The molecule has 0 aromatic heterocycles. The number of rotatable bonds is 3. The van der Waals surface area contributed by atoms with Crippen LogP contribution in [0.25, 0.3) is 0 Å². The van der Waals surface area contributed by atoms with Gasteiger partial charge < -0.3 is 10.6 Å². The molecule has 2 aromatic rings. The van der Waals surface area contributed by atoms with Crippen LogP contribution in [0.1, 0.15) is 15.9 Å². The van der Waals surface area contributed by atoms with Crippen LogP contribution in [0.2, 0.25) is 0 Å². The highest BCUT2D eigenvalue weighted by molar-refractivity contribution is 8.15. The maximum atomic E-state index is 12.4. The minimum Gasteiger partial charge on any atom is -0.335 e. The van der Waals surface area contributed by atoms with Crippen molar-refractivity contribution in [3.05, 3.63) is 59.7 Å². The molecule has 2 aliphatic rings. The van der Waals surface area contributed by atoms with Crippen molar-refractivity contribution in [1.29, 1.82) is 0 Å². The van der Waals surface area contributed by atoms with E-state index in [1.165, 1.54) is 11.8 Å². The molecule has 0 unspecified atom stereocenters. The molecule has 6 nitrogen and oxygen atoms in total. The average Bonchev–Trinajstić information content (AvgIpc) is 3.08. The Hall–Kier alpha value is -2.32. The summed E-state index contributed by atoms with van der Waals surface area (Å²) in [6.07, 6.45) is 0. The number of fused-ring (bicyclic) bond motifs is 1. The van der Waals surface area contributed by atoms with E-state index in [9.17, 15) is 13.2 Å². The first-order valence-corrected chi connectivity index (χ1v) is 11.3. The molecule has 1 fully saturated rings. The number of aliphatic imine (C=N–C) groups is 1. The van der Waals surface area contributed by atoms with Crippen molar-refractivity contribution >= 4 is 44.0 Å². The molecule has 4 rings (SSSR count). The van der Waals surface area contributed by atoms with E-state index in [4.69, 9.17) is 0 Å². The van der Waals surface area contributed by atoms with E-state index in [-0.39, 0.29) is 28.7 Å². The molecule has 140 valence electrons. The van der Waals surface area contributed by atoms with Gasteiger partial charge in [0.25, 0.3) is 5.91 Å². The summed E-state index contributed by atoms with van der Waals surface area (Å²) in [4.78, 5) is 16.8. The Bertz CT molecular complexity index is 1020. The number of amides is 1. The van der Waals surface area contributed by atoms with Crippen molar-refractivity contribution < 1.29 is 13.2 Å². The van der Waals surface area contributed by atoms with Crippen LogP contribution < -0.4 is 10.6 Å². The molecule has 1 saturated heterocycles. The predicted octanol–water partition coefficient (Wildman–Crippen LogP) is 2.93. The summed E-state index contributed by atoms with van der Waals surface area (Å²) < 4.78 is 23.2. The van der Waals surface area contributed by atoms with Crippen LogP contribution in [-0.4, -0.2) is 42.3 Å². The number of sulfone groups is 1. The van der Waals surface area contributed by atoms with Crippen molar-refractivity contribution in [3.8, 4) is 0 Å². The summed E-state index contributed by atoms with van der Waals surface area (Å²) in [5.74, 6) is 0.155. The average molecular weight is 402 g/mol. The second kappa shape index (κ2) is 7.01. The van der Waals surface area contributed by atoms with Gasteiger partial charge >= 0.3 is 0 Å². The van der Waals surface area contributed by atoms with Crippen LogP contribution in [0.15, 0.2) is 53.5 Å². The van der Waals surface area contributed by atoms with Gasteiger partial charge in [0.15, 0.2) is 15.0 Å². The molecule has 27 heavy (non-hydrogen) atoms. The molecule has 2 aromatic carbocycles. The van der Waals surface area contributed by atoms with Gasteiger partial charge in [-0.1, -0.05) is 23.9 Å². The van der Waals surface area contributed by atoms with Crippen LogP contribution in [0.3, 0.4) is 0 Å². The number of thioether (sulfide) groups is 1. The first kappa shape index (κ1) is 18.1. The van der Waals surface area contributed by atoms with Gasteiger partial charge in [-0.25, -0.2) is 8.42 Å². The third-order valence-electron chi connectivity index (χ3n) is 4.49. The minimum atomic E-state index is -2.95. The van der Waals surface area contributed by atoms with E-state index in [0.29, 0.717) is 5.56 Å². The Morgan fingerprint density at radius 2 is 1.89 bits per heavy atom. The van der Waals surface area contributed by atoms with Crippen molar-refractivity contribution in [3.63, 3.8) is 0 Å². The number of anilines is 2. The Labute approximate surface area is 162 Å². The van der Waals surface area contributed by atoms with E-state index in [1.807, 2.05) is 43.3 Å². The van der Waals surface area contributed by atoms with Gasteiger partial charge in [-0.2, -0.15) is 0 Å². The molecule has 2 N–H and O–H groups in total. The smallest absolute Gasteiger partial charge is 0.255 e. The number of nitrogens with one attached hydrogen (secondary N) is 2. The molecular formula is C19H19N3O3S2. The highest BCUT2D eigenvalue weighted by Gasteiger charge is 2.42. The summed E-state index contributed by atoms with van der Waals surface area (Å²) in [6.45, 7) is 1.98. The lowest BCUT2D eigenvalue weighted by molar-refractivity contribution is 0.102. The highest BCUT2D eigenvalue weighted by atomic mass is 32.2. The molecule has 0 spiro atoms. The van der Waals surface area contributed by atoms with Crippen molar-refractivity contribution in [2.75, 3.05) is 22.1 Å². The van der Waals surface area contributed by atoms with E-state index in [0.717, 1.165) is 22.1 Å². The van der Waals surface area contributed by atoms with Gasteiger partial charge in [-0.05, 0) is 48.9 Å². The SMILES string of the molecule is Cc1cccc(NC(=O)c2ccc(NC3=N[C@@H]4CS(=O)(=O)C[C@H]4S3)cc2)c1. The normalized spacial score (nSPS) is 22.8. The van der Waals surface area contributed by atoms with Gasteiger partial charge in [0, 0.05) is 22.2 Å². The number of aryl methyl sites for hydroxylation is 1. The lowest BCUT2D eigenvalue weighted by Crippen LogP contribution is -2.13. The fourth-order valence-electron chi connectivity index (χ4n) is 3.17. The number of hydrogen-bond donors (Lipinski definition) is 2. The zero-order valence-corrected chi connectivity index (χ0v) is 16.3. The van der Waals surface area contributed by atoms with E-state index >= 15 is 0 Å². The zero-order chi connectivity index (χ0) is 19.0. The number of amidine groups is 1. The first-order chi connectivity index (χ1) is 12.9. The Morgan fingerprint density at radius 3 is 2.59 bits per heavy atom. The molecule has 2 aliphatic heterocycles. The third kappa shape index (κ3) is 4.17. The fourth-order valence-corrected chi connectivity index (χ4v) is 6.85. The van der Waals surface area contributed by atoms with Crippen LogP contribution >= 0.6 is 11.8 Å². The van der Waals surface area contributed by atoms with Gasteiger partial charge in [-0.3, -0.25) is 9.79 Å². The second-order valence-corrected chi connectivity index (χ2v) is 10.1. The lowest BCUT2D eigenvalue weighted by atomic mass is 10.1. The monoisotopic (exact) mass is 401 g/mol. The molecule has 2 heterocycles. The number of benzene rings is 2. The molecule has 0 aliphatic carbocycles. The van der Waals surface area contributed by atoms with Crippen LogP contribution in [0, 0.1) is 6.92 Å². The molecule has 0 radical (unpaired) electrons. The van der Waals surface area contributed by atoms with Gasteiger partial charge in [0.1, 0.15) is 0 Å². The maximum Gasteiger partial charge on any atom is 0.255 e. The zero-order valence-electron chi connectivity index (χ0n) is 14.7. The van der Waals surface area contributed by atoms with Gasteiger partial charge in [0.2, 0.25) is 0 Å². The number of carbonyl (C=O) groups excluding carboxylic acids is 1. The molecule has 0 saturated carbocycles. The van der Waals surface area contributed by atoms with Crippen LogP contribution in [-0.2, 0) is 9.84 Å².